The monoisotopic (exact) mass is 480 g/mol. The summed E-state index contributed by atoms with van der Waals surface area (Å²) in [4.78, 5) is 0. The molecule has 2 aliphatic carbocycles. The quantitative estimate of drug-likeness (QED) is 0.414. The molecule has 2 rings (SSSR count). The van der Waals surface area contributed by atoms with Crippen LogP contribution in [0.3, 0.4) is 0 Å². The van der Waals surface area contributed by atoms with Gasteiger partial charge >= 0.3 is 110 Å². The molecular formula is C15H22Cl2HfSi. The molecule has 0 N–H and O–H groups in total. The fourth-order valence-electron chi connectivity index (χ4n) is 3.44. The Balaban J connectivity index is 0.00000162. The summed E-state index contributed by atoms with van der Waals surface area (Å²) in [5, 5.41) is 0. The van der Waals surface area contributed by atoms with Gasteiger partial charge in [-0.25, -0.2) is 0 Å². The van der Waals surface area contributed by atoms with Crippen LogP contribution in [0.15, 0.2) is 43.1 Å². The summed E-state index contributed by atoms with van der Waals surface area (Å²) in [6.07, 6.45) is 16.6. The van der Waals surface area contributed by atoms with Crippen LogP contribution >= 0.6 is 0 Å². The summed E-state index contributed by atoms with van der Waals surface area (Å²) in [5.41, 5.74) is -0.229. The minimum absolute atomic E-state index is 0. The van der Waals surface area contributed by atoms with E-state index < -0.39 is 18.1 Å². The summed E-state index contributed by atoms with van der Waals surface area (Å²) in [5.74, 6) is 0. The maximum Gasteiger partial charge on any atom is -1.00 e. The molecule has 0 aliphatic heterocycles. The largest absolute Gasteiger partial charge is 1.00 e. The van der Waals surface area contributed by atoms with E-state index in [1.54, 1.807) is 3.26 Å². The SMILES string of the molecule is C[C](C)=[Hf+2]([C]1=CC=CC1)([C]1=CC=CC1)=[Si](C)C.[Cl-].[Cl-]. The summed E-state index contributed by atoms with van der Waals surface area (Å²) < 4.78 is 5.47. The maximum atomic E-state index is 2.55. The van der Waals surface area contributed by atoms with Crippen LogP contribution in [0.5, 0.6) is 0 Å². The molecule has 0 saturated carbocycles. The standard InChI is InChI=1S/2C5H5.C3H6.C2H6Si.2ClH.Hf/c2*1-2-4-5-3-1;2*1-3-2;;;/h2*1-3H,4H2;2*1-2H3;2*1H;/q;;;;;;+2/p-2. The van der Waals surface area contributed by atoms with Crippen molar-refractivity contribution in [3.05, 3.63) is 43.1 Å². The molecule has 0 saturated heterocycles. The summed E-state index contributed by atoms with van der Waals surface area (Å²) in [6.45, 7) is 9.93. The molecule has 0 aromatic heterocycles. The minimum atomic E-state index is -2.51. The van der Waals surface area contributed by atoms with Gasteiger partial charge in [-0.05, 0) is 0 Å². The molecular weight excluding hydrogens is 458 g/mol. The van der Waals surface area contributed by atoms with Crippen molar-refractivity contribution in [3.8, 4) is 0 Å². The van der Waals surface area contributed by atoms with Gasteiger partial charge in [0.1, 0.15) is 0 Å². The van der Waals surface area contributed by atoms with Gasteiger partial charge in [-0.15, -0.1) is 0 Å². The van der Waals surface area contributed by atoms with E-state index >= 15 is 0 Å². The third kappa shape index (κ3) is 3.40. The Bertz CT molecular complexity index is 519. The fraction of sp³-hybridized carbons (Fsp3) is 0.400. The number of hydrogen-bond acceptors (Lipinski definition) is 0. The molecule has 0 spiro atoms. The molecule has 0 radical (unpaired) electrons. The van der Waals surface area contributed by atoms with Gasteiger partial charge in [0.2, 0.25) is 0 Å². The van der Waals surface area contributed by atoms with E-state index in [4.69, 9.17) is 0 Å². The minimum Gasteiger partial charge on any atom is -1.00 e. The van der Waals surface area contributed by atoms with Crippen molar-refractivity contribution in [2.45, 2.75) is 39.8 Å². The van der Waals surface area contributed by atoms with Crippen LogP contribution in [0, 0.1) is 0 Å². The topological polar surface area (TPSA) is 0 Å². The van der Waals surface area contributed by atoms with Crippen LogP contribution in [-0.2, 0) is 18.1 Å². The van der Waals surface area contributed by atoms with Crippen molar-refractivity contribution >= 4 is 8.75 Å². The average molecular weight is 480 g/mol. The van der Waals surface area contributed by atoms with Crippen molar-refractivity contribution in [1.29, 1.82) is 0 Å². The van der Waals surface area contributed by atoms with Gasteiger partial charge in [0.15, 0.2) is 0 Å². The van der Waals surface area contributed by atoms with Crippen LogP contribution in [0.2, 0.25) is 13.1 Å². The van der Waals surface area contributed by atoms with Crippen LogP contribution in [0.4, 0.5) is 0 Å². The first-order valence-electron chi connectivity index (χ1n) is 6.43. The first-order chi connectivity index (χ1) is 8.10. The van der Waals surface area contributed by atoms with Gasteiger partial charge in [-0.2, -0.15) is 0 Å². The zero-order valence-corrected chi connectivity index (χ0v) is 18.2. The molecule has 4 heteroatoms. The molecule has 0 aromatic rings. The summed E-state index contributed by atoms with van der Waals surface area (Å²) in [7, 11) is 0. The molecule has 0 fully saturated rings. The molecule has 0 nitrogen and oxygen atoms in total. The van der Waals surface area contributed by atoms with Crippen LogP contribution < -0.4 is 24.8 Å². The van der Waals surface area contributed by atoms with E-state index in [2.05, 4.69) is 63.4 Å². The Morgan fingerprint density at radius 2 is 1.37 bits per heavy atom. The van der Waals surface area contributed by atoms with E-state index in [1.165, 1.54) is 12.8 Å². The number of allylic oxidation sites excluding steroid dienone is 8. The second-order valence-electron chi connectivity index (χ2n) is 5.40. The van der Waals surface area contributed by atoms with Crippen LogP contribution in [0.25, 0.3) is 0 Å². The summed E-state index contributed by atoms with van der Waals surface area (Å²) in [6, 6.07) is 0. The Labute approximate surface area is 133 Å². The van der Waals surface area contributed by atoms with E-state index in [-0.39, 0.29) is 30.3 Å². The molecule has 104 valence electrons. The number of rotatable bonds is 2. The Morgan fingerprint density at radius 1 is 0.947 bits per heavy atom. The summed E-state index contributed by atoms with van der Waals surface area (Å²) >= 11 is -2.51. The second-order valence-corrected chi connectivity index (χ2v) is 37.9. The molecule has 0 bridgehead atoms. The van der Waals surface area contributed by atoms with Gasteiger partial charge in [-0.3, -0.25) is 0 Å². The van der Waals surface area contributed by atoms with Crippen molar-refractivity contribution < 1.29 is 42.9 Å². The van der Waals surface area contributed by atoms with Crippen LogP contribution in [-0.4, -0.2) is 8.75 Å². The predicted octanol–water partition coefficient (Wildman–Crippen LogP) is -1.70. The zero-order chi connectivity index (χ0) is 12.5. The normalized spacial score (nSPS) is 14.7. The zero-order valence-electron chi connectivity index (χ0n) is 12.1. The third-order valence-electron chi connectivity index (χ3n) is 4.01. The maximum absolute atomic E-state index is 2.55. The van der Waals surface area contributed by atoms with Gasteiger partial charge in [0, 0.05) is 0 Å². The first-order valence-corrected chi connectivity index (χ1v) is 19.7. The number of halogens is 2. The molecule has 0 aromatic carbocycles. The molecule has 0 amide bonds. The van der Waals surface area contributed by atoms with Crippen molar-refractivity contribution in [1.82, 2.24) is 0 Å². The Hall–Kier alpha value is 0.497. The van der Waals surface area contributed by atoms with E-state index in [0.717, 1.165) is 0 Å². The predicted molar refractivity (Wildman–Crippen MR) is 77.5 cm³/mol. The number of hydrogen-bond donors (Lipinski definition) is 0. The van der Waals surface area contributed by atoms with Gasteiger partial charge in [-0.1, -0.05) is 0 Å². The van der Waals surface area contributed by atoms with E-state index in [0.29, 0.717) is 0 Å². The van der Waals surface area contributed by atoms with Gasteiger partial charge in [0.05, 0.1) is 0 Å². The molecule has 19 heavy (non-hydrogen) atoms. The van der Waals surface area contributed by atoms with Crippen molar-refractivity contribution in [2.24, 2.45) is 0 Å². The third-order valence-corrected chi connectivity index (χ3v) is 46.0. The van der Waals surface area contributed by atoms with Gasteiger partial charge in [0.25, 0.3) is 0 Å². The first kappa shape index (κ1) is 19.5. The van der Waals surface area contributed by atoms with Crippen LogP contribution in [0.1, 0.15) is 26.7 Å². The fourth-order valence-corrected chi connectivity index (χ4v) is 45.0. The van der Waals surface area contributed by atoms with E-state index in [1.807, 2.05) is 6.66 Å². The molecule has 2 aliphatic rings. The average Bonchev–Trinajstić information content (AvgIpc) is 2.88. The Kier molecular flexibility index (Phi) is 8.28. The van der Waals surface area contributed by atoms with Crippen molar-refractivity contribution in [3.63, 3.8) is 0 Å². The Morgan fingerprint density at radius 3 is 1.58 bits per heavy atom. The van der Waals surface area contributed by atoms with Crippen molar-refractivity contribution in [2.75, 3.05) is 0 Å². The molecule has 0 atom stereocenters. The second kappa shape index (κ2) is 8.07. The van der Waals surface area contributed by atoms with E-state index in [9.17, 15) is 0 Å². The van der Waals surface area contributed by atoms with Gasteiger partial charge < -0.3 is 24.8 Å². The molecule has 0 unspecified atom stereocenters. The molecule has 0 heterocycles. The smallest absolute Gasteiger partial charge is 1.00 e.